The molecule has 0 spiro atoms. The van der Waals surface area contributed by atoms with Crippen molar-refractivity contribution in [3.05, 3.63) is 70.8 Å². The minimum Gasteiger partial charge on any atom is -0.483 e. The second-order valence-electron chi connectivity index (χ2n) is 5.68. The van der Waals surface area contributed by atoms with Crippen molar-refractivity contribution in [2.75, 3.05) is 0 Å². The Hall–Kier alpha value is -2.05. The highest BCUT2D eigenvalue weighted by molar-refractivity contribution is 7.98. The summed E-state index contributed by atoms with van der Waals surface area (Å²) < 4.78 is 21.1. The smallest absolute Gasteiger partial charge is 0.191 e. The fourth-order valence-electron chi connectivity index (χ4n) is 2.54. The first kappa shape index (κ1) is 18.7. The van der Waals surface area contributed by atoms with Gasteiger partial charge >= 0.3 is 0 Å². The Bertz CT molecular complexity index is 872. The lowest BCUT2D eigenvalue weighted by atomic mass is 10.2. The molecule has 0 aliphatic heterocycles. The zero-order valence-electron chi connectivity index (χ0n) is 14.5. The lowest BCUT2D eigenvalue weighted by Gasteiger charge is -2.15. The van der Waals surface area contributed by atoms with E-state index in [-0.39, 0.29) is 11.9 Å². The maximum absolute atomic E-state index is 13.2. The summed E-state index contributed by atoms with van der Waals surface area (Å²) >= 11 is 7.62. The van der Waals surface area contributed by atoms with E-state index in [0.29, 0.717) is 10.8 Å². The normalized spacial score (nSPS) is 12.2. The van der Waals surface area contributed by atoms with E-state index in [9.17, 15) is 4.39 Å². The molecule has 4 nitrogen and oxygen atoms in total. The molecule has 0 amide bonds. The molecule has 2 aromatic carbocycles. The molecule has 0 saturated carbocycles. The van der Waals surface area contributed by atoms with Crippen molar-refractivity contribution in [1.29, 1.82) is 0 Å². The molecule has 0 fully saturated rings. The molecule has 1 aromatic heterocycles. The third kappa shape index (κ3) is 4.37. The first-order valence-electron chi connectivity index (χ1n) is 8.30. The Morgan fingerprint density at radius 2 is 1.96 bits per heavy atom. The minimum absolute atomic E-state index is 0.228. The van der Waals surface area contributed by atoms with E-state index < -0.39 is 0 Å². The van der Waals surface area contributed by atoms with Crippen LogP contribution in [0, 0.1) is 5.82 Å². The summed E-state index contributed by atoms with van der Waals surface area (Å²) in [6, 6.07) is 14.1. The highest BCUT2D eigenvalue weighted by atomic mass is 35.5. The van der Waals surface area contributed by atoms with Gasteiger partial charge in [0, 0.05) is 17.3 Å². The molecule has 3 rings (SSSR count). The maximum Gasteiger partial charge on any atom is 0.191 e. The first-order valence-corrected chi connectivity index (χ1v) is 9.66. The molecule has 136 valence electrons. The molecule has 0 radical (unpaired) electrons. The number of halogens is 2. The van der Waals surface area contributed by atoms with Crippen LogP contribution in [-0.2, 0) is 12.3 Å². The summed E-state index contributed by atoms with van der Waals surface area (Å²) in [6.45, 7) is 4.72. The van der Waals surface area contributed by atoms with Gasteiger partial charge in [0.2, 0.25) is 0 Å². The van der Waals surface area contributed by atoms with E-state index in [1.54, 1.807) is 6.07 Å². The number of nitrogens with zero attached hydrogens (tertiary/aromatic N) is 3. The fourth-order valence-corrected chi connectivity index (χ4v) is 3.87. The highest BCUT2D eigenvalue weighted by Crippen LogP contribution is 2.29. The number of hydrogen-bond acceptors (Lipinski definition) is 4. The van der Waals surface area contributed by atoms with Crippen molar-refractivity contribution >= 4 is 23.4 Å². The van der Waals surface area contributed by atoms with Gasteiger partial charge in [-0.05, 0) is 43.7 Å². The number of rotatable bonds is 7. The molecule has 1 heterocycles. The van der Waals surface area contributed by atoms with Gasteiger partial charge in [-0.3, -0.25) is 0 Å². The van der Waals surface area contributed by atoms with E-state index >= 15 is 0 Å². The van der Waals surface area contributed by atoms with Crippen molar-refractivity contribution in [3.63, 3.8) is 0 Å². The molecule has 3 aromatic rings. The largest absolute Gasteiger partial charge is 0.483 e. The molecule has 1 atom stereocenters. The average Bonchev–Trinajstić information content (AvgIpc) is 3.05. The molecule has 0 N–H and O–H groups in total. The molecule has 0 saturated heterocycles. The summed E-state index contributed by atoms with van der Waals surface area (Å²) in [5.74, 6) is 1.81. The number of benzene rings is 2. The second kappa shape index (κ2) is 8.56. The quantitative estimate of drug-likeness (QED) is 0.497. The lowest BCUT2D eigenvalue weighted by Crippen LogP contribution is -2.11. The number of ether oxygens (including phenoxy) is 1. The van der Waals surface area contributed by atoms with E-state index in [2.05, 4.69) is 10.2 Å². The molecule has 0 aliphatic rings. The molecule has 0 bridgehead atoms. The van der Waals surface area contributed by atoms with Gasteiger partial charge in [0.05, 0.1) is 0 Å². The van der Waals surface area contributed by atoms with Crippen LogP contribution in [0.1, 0.15) is 31.3 Å². The fraction of sp³-hybridized carbons (Fsp3) is 0.263. The molecule has 0 aliphatic carbocycles. The maximum atomic E-state index is 13.2. The van der Waals surface area contributed by atoms with E-state index in [0.717, 1.165) is 28.8 Å². The van der Waals surface area contributed by atoms with E-state index in [4.69, 9.17) is 16.3 Å². The third-order valence-corrected chi connectivity index (χ3v) is 5.22. The Balaban J connectivity index is 1.73. The Labute approximate surface area is 161 Å². The number of thioether (sulfide) groups is 1. The van der Waals surface area contributed by atoms with Gasteiger partial charge in [-0.25, -0.2) is 4.39 Å². The van der Waals surface area contributed by atoms with Gasteiger partial charge < -0.3 is 9.30 Å². The number of hydrogen-bond donors (Lipinski definition) is 0. The van der Waals surface area contributed by atoms with Gasteiger partial charge in [0.15, 0.2) is 17.1 Å². The Morgan fingerprint density at radius 1 is 1.19 bits per heavy atom. The van der Waals surface area contributed by atoms with Crippen LogP contribution in [0.3, 0.4) is 0 Å². The van der Waals surface area contributed by atoms with Gasteiger partial charge in [0.25, 0.3) is 0 Å². The lowest BCUT2D eigenvalue weighted by molar-refractivity contribution is 0.210. The summed E-state index contributed by atoms with van der Waals surface area (Å²) in [5.41, 5.74) is 0.860. The predicted octanol–water partition coefficient (Wildman–Crippen LogP) is 5.52. The summed E-state index contributed by atoms with van der Waals surface area (Å²) in [7, 11) is 0. The predicted molar refractivity (Wildman–Crippen MR) is 102 cm³/mol. The average molecular weight is 392 g/mol. The van der Waals surface area contributed by atoms with Crippen LogP contribution in [0.15, 0.2) is 53.7 Å². The van der Waals surface area contributed by atoms with Crippen LogP contribution >= 0.6 is 23.4 Å². The van der Waals surface area contributed by atoms with Gasteiger partial charge in [-0.2, -0.15) is 0 Å². The topological polar surface area (TPSA) is 39.9 Å². The molecule has 26 heavy (non-hydrogen) atoms. The van der Waals surface area contributed by atoms with Crippen molar-refractivity contribution in [2.45, 2.75) is 37.4 Å². The van der Waals surface area contributed by atoms with E-state index in [1.165, 1.54) is 23.9 Å². The number of para-hydroxylation sites is 1. The molecule has 7 heteroatoms. The van der Waals surface area contributed by atoms with Crippen LogP contribution in [-0.4, -0.2) is 14.8 Å². The third-order valence-electron chi connectivity index (χ3n) is 3.85. The van der Waals surface area contributed by atoms with Crippen molar-refractivity contribution < 1.29 is 9.13 Å². The van der Waals surface area contributed by atoms with Gasteiger partial charge in [-0.15, -0.1) is 10.2 Å². The van der Waals surface area contributed by atoms with Crippen molar-refractivity contribution in [2.24, 2.45) is 0 Å². The van der Waals surface area contributed by atoms with Crippen molar-refractivity contribution in [1.82, 2.24) is 14.8 Å². The molecular weight excluding hydrogens is 373 g/mol. The highest BCUT2D eigenvalue weighted by Gasteiger charge is 2.19. The van der Waals surface area contributed by atoms with Crippen molar-refractivity contribution in [3.8, 4) is 5.75 Å². The van der Waals surface area contributed by atoms with Gasteiger partial charge in [-0.1, -0.05) is 47.6 Å². The summed E-state index contributed by atoms with van der Waals surface area (Å²) in [6.07, 6.45) is -0.228. The monoisotopic (exact) mass is 391 g/mol. The molecular formula is C19H19ClFN3OS. The number of aromatic nitrogens is 3. The van der Waals surface area contributed by atoms with E-state index in [1.807, 2.05) is 48.7 Å². The second-order valence-corrected chi connectivity index (χ2v) is 7.03. The first-order chi connectivity index (χ1) is 12.6. The Morgan fingerprint density at radius 3 is 2.65 bits per heavy atom. The van der Waals surface area contributed by atoms with Crippen LogP contribution in [0.2, 0.25) is 5.02 Å². The zero-order chi connectivity index (χ0) is 18.5. The Kier molecular flexibility index (Phi) is 6.16. The van der Waals surface area contributed by atoms with Crippen LogP contribution < -0.4 is 4.74 Å². The summed E-state index contributed by atoms with van der Waals surface area (Å²) in [4.78, 5) is 0. The summed E-state index contributed by atoms with van der Waals surface area (Å²) in [5, 5.41) is 9.80. The minimum atomic E-state index is -0.338. The molecule has 1 unspecified atom stereocenters. The van der Waals surface area contributed by atoms with Crippen LogP contribution in [0.25, 0.3) is 0 Å². The zero-order valence-corrected chi connectivity index (χ0v) is 16.1. The van der Waals surface area contributed by atoms with Crippen LogP contribution in [0.4, 0.5) is 4.39 Å². The SMILES string of the molecule is CCn1c(SCc2ccc(F)cc2Cl)nnc1C(C)Oc1ccccc1. The van der Waals surface area contributed by atoms with Crippen LogP contribution in [0.5, 0.6) is 5.75 Å². The standard InChI is InChI=1S/C19H19ClFN3OS/c1-3-24-18(13(2)25-16-7-5-4-6-8-16)22-23-19(24)26-12-14-9-10-15(21)11-17(14)20/h4-11,13H,3,12H2,1-2H3. The van der Waals surface area contributed by atoms with Gasteiger partial charge in [0.1, 0.15) is 11.6 Å².